The van der Waals surface area contributed by atoms with Crippen LogP contribution in [0.4, 0.5) is 0 Å². The SMILES string of the molecule is CCCCCNC1CCN(C2CC3CNCC3C2)CC1. The van der Waals surface area contributed by atoms with Gasteiger partial charge in [0.05, 0.1) is 0 Å². The van der Waals surface area contributed by atoms with Crippen molar-refractivity contribution in [3.63, 3.8) is 0 Å². The van der Waals surface area contributed by atoms with Gasteiger partial charge in [0.25, 0.3) is 0 Å². The van der Waals surface area contributed by atoms with Crippen molar-refractivity contribution in [3.8, 4) is 0 Å². The Morgan fingerprint density at radius 1 is 1.05 bits per heavy atom. The van der Waals surface area contributed by atoms with Gasteiger partial charge < -0.3 is 15.5 Å². The lowest BCUT2D eigenvalue weighted by atomic mass is 10.0. The van der Waals surface area contributed by atoms with Crippen LogP contribution in [0.15, 0.2) is 0 Å². The second kappa shape index (κ2) is 7.24. The summed E-state index contributed by atoms with van der Waals surface area (Å²) in [6.07, 6.45) is 9.74. The summed E-state index contributed by atoms with van der Waals surface area (Å²) in [7, 11) is 0. The molecule has 1 aliphatic carbocycles. The Morgan fingerprint density at radius 2 is 1.75 bits per heavy atom. The van der Waals surface area contributed by atoms with Gasteiger partial charge in [0.15, 0.2) is 0 Å². The zero-order valence-corrected chi connectivity index (χ0v) is 13.2. The number of fused-ring (bicyclic) bond motifs is 1. The maximum Gasteiger partial charge on any atom is 0.0102 e. The number of nitrogens with one attached hydrogen (secondary N) is 2. The van der Waals surface area contributed by atoms with E-state index in [0.717, 1.165) is 23.9 Å². The topological polar surface area (TPSA) is 27.3 Å². The van der Waals surface area contributed by atoms with Crippen LogP contribution in [0.3, 0.4) is 0 Å². The molecule has 0 radical (unpaired) electrons. The summed E-state index contributed by atoms with van der Waals surface area (Å²) in [4.78, 5) is 2.81. The molecule has 2 atom stereocenters. The predicted molar refractivity (Wildman–Crippen MR) is 85.0 cm³/mol. The van der Waals surface area contributed by atoms with Crippen LogP contribution in [0, 0.1) is 11.8 Å². The highest BCUT2D eigenvalue weighted by Gasteiger charge is 2.40. The Kier molecular flexibility index (Phi) is 5.36. The van der Waals surface area contributed by atoms with Crippen LogP contribution in [-0.2, 0) is 0 Å². The van der Waals surface area contributed by atoms with Gasteiger partial charge in [-0.2, -0.15) is 0 Å². The van der Waals surface area contributed by atoms with E-state index in [2.05, 4.69) is 22.5 Å². The van der Waals surface area contributed by atoms with Crippen molar-refractivity contribution in [2.45, 2.75) is 64.0 Å². The fraction of sp³-hybridized carbons (Fsp3) is 1.00. The highest BCUT2D eigenvalue weighted by atomic mass is 15.2. The molecule has 3 aliphatic rings. The summed E-state index contributed by atoms with van der Waals surface area (Å²) in [5, 5.41) is 7.33. The van der Waals surface area contributed by atoms with E-state index < -0.39 is 0 Å². The minimum absolute atomic E-state index is 0.797. The largest absolute Gasteiger partial charge is 0.316 e. The first-order chi connectivity index (χ1) is 9.86. The van der Waals surface area contributed by atoms with Crippen molar-refractivity contribution < 1.29 is 0 Å². The number of nitrogens with zero attached hydrogens (tertiary/aromatic N) is 1. The van der Waals surface area contributed by atoms with Crippen LogP contribution in [0.1, 0.15) is 51.9 Å². The molecule has 2 unspecified atom stereocenters. The zero-order chi connectivity index (χ0) is 13.8. The fourth-order valence-corrected chi connectivity index (χ4v) is 4.58. The number of hydrogen-bond acceptors (Lipinski definition) is 3. The molecule has 3 fully saturated rings. The Labute approximate surface area is 124 Å². The van der Waals surface area contributed by atoms with E-state index in [4.69, 9.17) is 0 Å². The van der Waals surface area contributed by atoms with Crippen LogP contribution in [0.2, 0.25) is 0 Å². The summed E-state index contributed by atoms with van der Waals surface area (Å²) in [6.45, 7) is 8.77. The van der Waals surface area contributed by atoms with E-state index in [0.29, 0.717) is 0 Å². The molecular weight excluding hydrogens is 246 g/mol. The molecule has 2 saturated heterocycles. The number of likely N-dealkylation sites (tertiary alicyclic amines) is 1. The lowest BCUT2D eigenvalue weighted by molar-refractivity contribution is 0.140. The monoisotopic (exact) mass is 279 g/mol. The number of piperidine rings is 1. The van der Waals surface area contributed by atoms with Gasteiger partial charge in [-0.05, 0) is 76.7 Å². The molecular formula is C17H33N3. The molecule has 3 heteroatoms. The van der Waals surface area contributed by atoms with E-state index in [1.807, 2.05) is 0 Å². The minimum atomic E-state index is 0.797. The third kappa shape index (κ3) is 3.55. The zero-order valence-electron chi connectivity index (χ0n) is 13.2. The van der Waals surface area contributed by atoms with Crippen molar-refractivity contribution in [1.29, 1.82) is 0 Å². The van der Waals surface area contributed by atoms with E-state index >= 15 is 0 Å². The second-order valence-corrected chi connectivity index (χ2v) is 7.28. The molecule has 3 nitrogen and oxygen atoms in total. The Balaban J connectivity index is 1.34. The number of hydrogen-bond donors (Lipinski definition) is 2. The molecule has 116 valence electrons. The normalized spacial score (nSPS) is 35.5. The fourth-order valence-electron chi connectivity index (χ4n) is 4.58. The van der Waals surface area contributed by atoms with Crippen LogP contribution >= 0.6 is 0 Å². The van der Waals surface area contributed by atoms with Crippen molar-refractivity contribution in [3.05, 3.63) is 0 Å². The molecule has 0 aromatic heterocycles. The summed E-state index contributed by atoms with van der Waals surface area (Å²) in [5.74, 6) is 1.98. The van der Waals surface area contributed by atoms with Crippen LogP contribution < -0.4 is 10.6 Å². The van der Waals surface area contributed by atoms with Crippen molar-refractivity contribution in [2.24, 2.45) is 11.8 Å². The van der Waals surface area contributed by atoms with Crippen LogP contribution in [0.5, 0.6) is 0 Å². The lowest BCUT2D eigenvalue weighted by Crippen LogP contribution is -2.46. The quantitative estimate of drug-likeness (QED) is 0.730. The molecule has 0 bridgehead atoms. The van der Waals surface area contributed by atoms with Gasteiger partial charge in [0.1, 0.15) is 0 Å². The summed E-state index contributed by atoms with van der Waals surface area (Å²) in [6, 6.07) is 1.71. The van der Waals surface area contributed by atoms with E-state index in [1.165, 1.54) is 77.7 Å². The summed E-state index contributed by atoms with van der Waals surface area (Å²) < 4.78 is 0. The smallest absolute Gasteiger partial charge is 0.0102 e. The maximum absolute atomic E-state index is 3.77. The van der Waals surface area contributed by atoms with Crippen LogP contribution in [0.25, 0.3) is 0 Å². The minimum Gasteiger partial charge on any atom is -0.316 e. The molecule has 1 saturated carbocycles. The van der Waals surface area contributed by atoms with E-state index in [-0.39, 0.29) is 0 Å². The highest BCUT2D eigenvalue weighted by Crippen LogP contribution is 2.37. The average Bonchev–Trinajstić information content (AvgIpc) is 3.05. The van der Waals surface area contributed by atoms with Gasteiger partial charge in [-0.3, -0.25) is 0 Å². The lowest BCUT2D eigenvalue weighted by Gasteiger charge is -2.36. The summed E-state index contributed by atoms with van der Waals surface area (Å²) in [5.41, 5.74) is 0. The molecule has 0 aromatic rings. The average molecular weight is 279 g/mol. The molecule has 2 N–H and O–H groups in total. The van der Waals surface area contributed by atoms with Gasteiger partial charge in [-0.25, -0.2) is 0 Å². The first-order valence-corrected chi connectivity index (χ1v) is 9.05. The van der Waals surface area contributed by atoms with Crippen molar-refractivity contribution in [2.75, 3.05) is 32.7 Å². The second-order valence-electron chi connectivity index (χ2n) is 7.28. The third-order valence-electron chi connectivity index (χ3n) is 5.89. The Bertz CT molecular complexity index is 274. The van der Waals surface area contributed by atoms with Gasteiger partial charge in [0.2, 0.25) is 0 Å². The number of unbranched alkanes of at least 4 members (excludes halogenated alkanes) is 2. The van der Waals surface area contributed by atoms with Gasteiger partial charge in [0, 0.05) is 12.1 Å². The number of rotatable bonds is 6. The molecule has 0 spiro atoms. The van der Waals surface area contributed by atoms with Gasteiger partial charge in [-0.15, -0.1) is 0 Å². The van der Waals surface area contributed by atoms with Crippen LogP contribution in [-0.4, -0.2) is 49.7 Å². The molecule has 0 amide bonds. The molecule has 3 rings (SSSR count). The predicted octanol–water partition coefficient (Wildman–Crippen LogP) is 2.23. The molecule has 2 aliphatic heterocycles. The molecule has 20 heavy (non-hydrogen) atoms. The third-order valence-corrected chi connectivity index (χ3v) is 5.89. The Hall–Kier alpha value is -0.120. The van der Waals surface area contributed by atoms with E-state index in [1.54, 1.807) is 0 Å². The first-order valence-electron chi connectivity index (χ1n) is 9.05. The maximum atomic E-state index is 3.77. The first kappa shape index (κ1) is 14.8. The Morgan fingerprint density at radius 3 is 2.40 bits per heavy atom. The highest BCUT2D eigenvalue weighted by molar-refractivity contribution is 4.95. The molecule has 2 heterocycles. The van der Waals surface area contributed by atoms with E-state index in [9.17, 15) is 0 Å². The van der Waals surface area contributed by atoms with Crippen molar-refractivity contribution in [1.82, 2.24) is 15.5 Å². The summed E-state index contributed by atoms with van der Waals surface area (Å²) >= 11 is 0. The van der Waals surface area contributed by atoms with Crippen molar-refractivity contribution >= 4 is 0 Å². The van der Waals surface area contributed by atoms with Gasteiger partial charge in [-0.1, -0.05) is 19.8 Å². The molecule has 0 aromatic carbocycles. The van der Waals surface area contributed by atoms with Gasteiger partial charge >= 0.3 is 0 Å². The standard InChI is InChI=1S/C17H33N3/c1-2-3-4-7-19-16-5-8-20(9-6-16)17-10-14-12-18-13-15(14)11-17/h14-19H,2-13H2,1H3.